The van der Waals surface area contributed by atoms with Crippen LogP contribution in [0.25, 0.3) is 11.0 Å². The molecule has 3 rings (SSSR count). The highest BCUT2D eigenvalue weighted by molar-refractivity contribution is 5.79. The van der Waals surface area contributed by atoms with Gasteiger partial charge in [-0.1, -0.05) is 12.1 Å². The molecule has 1 saturated heterocycles. The molecule has 1 aliphatic rings. The lowest BCUT2D eigenvalue weighted by atomic mass is 10.2. The van der Waals surface area contributed by atoms with Gasteiger partial charge in [0.05, 0.1) is 17.6 Å². The quantitative estimate of drug-likeness (QED) is 0.645. The molecule has 8 nitrogen and oxygen atoms in total. The summed E-state index contributed by atoms with van der Waals surface area (Å²) in [7, 11) is 0. The Bertz CT molecular complexity index is 859. The van der Waals surface area contributed by atoms with Crippen LogP contribution in [-0.2, 0) is 11.3 Å². The van der Waals surface area contributed by atoms with Crippen LogP contribution in [-0.4, -0.2) is 69.7 Å². The second-order valence-corrected chi connectivity index (χ2v) is 7.99. The molecule has 8 heteroatoms. The molecular weight excluding hydrogens is 356 g/mol. The van der Waals surface area contributed by atoms with Gasteiger partial charge in [-0.2, -0.15) is 0 Å². The number of carbonyl (C=O) groups excluding carboxylic acids is 1. The first-order valence-electron chi connectivity index (χ1n) is 9.69. The molecule has 0 spiro atoms. The van der Waals surface area contributed by atoms with E-state index in [1.807, 2.05) is 50.8 Å². The molecule has 0 bridgehead atoms. The number of guanidine groups is 1. The van der Waals surface area contributed by atoms with E-state index in [9.17, 15) is 4.79 Å². The van der Waals surface area contributed by atoms with E-state index < -0.39 is 5.60 Å². The topological polar surface area (TPSA) is 89.0 Å². The van der Waals surface area contributed by atoms with Crippen LogP contribution in [0.3, 0.4) is 0 Å². The van der Waals surface area contributed by atoms with Gasteiger partial charge < -0.3 is 24.8 Å². The van der Waals surface area contributed by atoms with Crippen LogP contribution in [0.1, 0.15) is 26.6 Å². The molecule has 1 amide bonds. The number of aryl methyl sites for hydroxylation is 1. The first-order chi connectivity index (χ1) is 13.2. The zero-order chi connectivity index (χ0) is 20.3. The van der Waals surface area contributed by atoms with Crippen LogP contribution in [0, 0.1) is 6.92 Å². The van der Waals surface area contributed by atoms with E-state index in [0.717, 1.165) is 23.4 Å². The summed E-state index contributed by atoms with van der Waals surface area (Å²) in [6, 6.07) is 8.09. The number of aliphatic imine (C=N–C) groups is 1. The molecular formula is C20H30N6O2. The summed E-state index contributed by atoms with van der Waals surface area (Å²) in [6.45, 7) is 11.4. The van der Waals surface area contributed by atoms with Gasteiger partial charge in [0, 0.05) is 32.7 Å². The van der Waals surface area contributed by atoms with Crippen molar-refractivity contribution in [1.29, 1.82) is 0 Å². The van der Waals surface area contributed by atoms with Crippen molar-refractivity contribution in [3.05, 3.63) is 30.1 Å². The lowest BCUT2D eigenvalue weighted by Crippen LogP contribution is -2.53. The van der Waals surface area contributed by atoms with Gasteiger partial charge in [0.15, 0.2) is 5.96 Å². The predicted molar refractivity (Wildman–Crippen MR) is 110 cm³/mol. The van der Waals surface area contributed by atoms with Gasteiger partial charge in [0.25, 0.3) is 0 Å². The molecule has 2 heterocycles. The monoisotopic (exact) mass is 386 g/mol. The van der Waals surface area contributed by atoms with E-state index in [1.54, 1.807) is 4.90 Å². The minimum Gasteiger partial charge on any atom is -0.444 e. The third kappa shape index (κ3) is 4.74. The number of benzene rings is 1. The van der Waals surface area contributed by atoms with Gasteiger partial charge >= 0.3 is 6.09 Å². The Balaban J connectivity index is 1.52. The summed E-state index contributed by atoms with van der Waals surface area (Å²) in [5.41, 5.74) is 7.80. The molecule has 0 radical (unpaired) electrons. The first-order valence-corrected chi connectivity index (χ1v) is 9.69. The maximum absolute atomic E-state index is 12.1. The van der Waals surface area contributed by atoms with Crippen LogP contribution >= 0.6 is 0 Å². The average Bonchev–Trinajstić information content (AvgIpc) is 2.96. The summed E-state index contributed by atoms with van der Waals surface area (Å²) >= 11 is 0. The number of nitrogens with zero attached hydrogens (tertiary/aromatic N) is 5. The third-order valence-electron chi connectivity index (χ3n) is 4.70. The lowest BCUT2D eigenvalue weighted by Gasteiger charge is -2.36. The summed E-state index contributed by atoms with van der Waals surface area (Å²) in [5, 5.41) is 0. The fourth-order valence-electron chi connectivity index (χ4n) is 3.29. The number of fused-ring (bicyclic) bond motifs is 1. The summed E-state index contributed by atoms with van der Waals surface area (Å²) < 4.78 is 7.58. The van der Waals surface area contributed by atoms with Crippen molar-refractivity contribution in [1.82, 2.24) is 19.4 Å². The molecule has 1 fully saturated rings. The molecule has 28 heavy (non-hydrogen) atoms. The molecule has 0 unspecified atom stereocenters. The van der Waals surface area contributed by atoms with E-state index in [4.69, 9.17) is 10.5 Å². The predicted octanol–water partition coefficient (Wildman–Crippen LogP) is 2.21. The number of aromatic nitrogens is 2. The number of piperazine rings is 1. The van der Waals surface area contributed by atoms with Gasteiger partial charge in [-0.3, -0.25) is 4.99 Å². The fraction of sp³-hybridized carbons (Fsp3) is 0.550. The largest absolute Gasteiger partial charge is 0.444 e. The van der Waals surface area contributed by atoms with Crippen molar-refractivity contribution in [2.75, 3.05) is 32.7 Å². The van der Waals surface area contributed by atoms with Crippen molar-refractivity contribution in [2.45, 2.75) is 39.8 Å². The standard InChI is InChI=1S/C20H30N6O2/c1-15-23-16-7-5-6-8-17(16)26(15)10-9-22-18(21)24-11-13-25(14-12-24)19(27)28-20(2,3)4/h5-8H,9-14H2,1-4H3,(H2,21,22). The maximum Gasteiger partial charge on any atom is 0.410 e. The third-order valence-corrected chi connectivity index (χ3v) is 4.70. The Morgan fingerprint density at radius 1 is 1.18 bits per heavy atom. The SMILES string of the molecule is Cc1nc2ccccc2n1CCN=C(N)N1CCN(C(=O)OC(C)(C)C)CC1. The summed E-state index contributed by atoms with van der Waals surface area (Å²) in [6.07, 6.45) is -0.273. The number of rotatable bonds is 3. The molecule has 2 aromatic rings. The van der Waals surface area contributed by atoms with Crippen LogP contribution < -0.4 is 5.73 Å². The zero-order valence-corrected chi connectivity index (χ0v) is 17.2. The molecule has 0 saturated carbocycles. The summed E-state index contributed by atoms with van der Waals surface area (Å²) in [5.74, 6) is 1.49. The van der Waals surface area contributed by atoms with Crippen LogP contribution in [0.2, 0.25) is 0 Å². The van der Waals surface area contributed by atoms with Crippen LogP contribution in [0.15, 0.2) is 29.3 Å². The Kier molecular flexibility index (Phi) is 5.76. The van der Waals surface area contributed by atoms with Gasteiger partial charge in [-0.25, -0.2) is 9.78 Å². The number of hydrogen-bond acceptors (Lipinski definition) is 4. The fourth-order valence-corrected chi connectivity index (χ4v) is 3.29. The van der Waals surface area contributed by atoms with E-state index in [1.165, 1.54) is 0 Å². The first kappa shape index (κ1) is 20.0. The summed E-state index contributed by atoms with van der Waals surface area (Å²) in [4.78, 5) is 25.0. The Morgan fingerprint density at radius 2 is 1.82 bits per heavy atom. The molecule has 0 atom stereocenters. The minimum absolute atomic E-state index is 0.273. The number of carbonyl (C=O) groups is 1. The molecule has 1 aromatic carbocycles. The van der Waals surface area contributed by atoms with Crippen molar-refractivity contribution in [2.24, 2.45) is 10.7 Å². The highest BCUT2D eigenvalue weighted by Crippen LogP contribution is 2.15. The van der Waals surface area contributed by atoms with Crippen LogP contribution in [0.4, 0.5) is 4.79 Å². The van der Waals surface area contributed by atoms with Gasteiger partial charge in [0.2, 0.25) is 0 Å². The second kappa shape index (κ2) is 8.08. The Labute approximate surface area is 166 Å². The zero-order valence-electron chi connectivity index (χ0n) is 17.2. The van der Waals surface area contributed by atoms with Crippen molar-refractivity contribution in [3.63, 3.8) is 0 Å². The molecule has 0 aliphatic carbocycles. The lowest BCUT2D eigenvalue weighted by molar-refractivity contribution is 0.0186. The van der Waals surface area contributed by atoms with Crippen molar-refractivity contribution < 1.29 is 9.53 Å². The van der Waals surface area contributed by atoms with E-state index in [0.29, 0.717) is 38.7 Å². The number of amides is 1. The van der Waals surface area contributed by atoms with E-state index in [-0.39, 0.29) is 6.09 Å². The Morgan fingerprint density at radius 3 is 2.50 bits per heavy atom. The smallest absolute Gasteiger partial charge is 0.410 e. The normalized spacial score (nSPS) is 15.9. The van der Waals surface area contributed by atoms with Crippen molar-refractivity contribution >= 4 is 23.1 Å². The molecule has 1 aliphatic heterocycles. The van der Waals surface area contributed by atoms with Crippen molar-refractivity contribution in [3.8, 4) is 0 Å². The van der Waals surface area contributed by atoms with Gasteiger partial charge in [0.1, 0.15) is 11.4 Å². The molecule has 1 aromatic heterocycles. The van der Waals surface area contributed by atoms with Crippen LogP contribution in [0.5, 0.6) is 0 Å². The number of hydrogen-bond donors (Lipinski definition) is 1. The Hall–Kier alpha value is -2.77. The number of imidazole rings is 1. The molecule has 152 valence electrons. The van der Waals surface area contributed by atoms with Gasteiger partial charge in [-0.05, 0) is 39.8 Å². The maximum atomic E-state index is 12.1. The number of nitrogens with two attached hydrogens (primary N) is 1. The van der Waals surface area contributed by atoms with E-state index >= 15 is 0 Å². The number of ether oxygens (including phenoxy) is 1. The highest BCUT2D eigenvalue weighted by Gasteiger charge is 2.26. The number of para-hydroxylation sites is 2. The second-order valence-electron chi connectivity index (χ2n) is 7.99. The minimum atomic E-state index is -0.482. The van der Waals surface area contributed by atoms with Gasteiger partial charge in [-0.15, -0.1) is 0 Å². The highest BCUT2D eigenvalue weighted by atomic mass is 16.6. The van der Waals surface area contributed by atoms with E-state index in [2.05, 4.69) is 20.6 Å². The average molecular weight is 387 g/mol. The molecule has 2 N–H and O–H groups in total.